The van der Waals surface area contributed by atoms with Gasteiger partial charge in [0.2, 0.25) is 5.91 Å². The first kappa shape index (κ1) is 10.9. The van der Waals surface area contributed by atoms with Crippen LogP contribution in [0.15, 0.2) is 0 Å². The van der Waals surface area contributed by atoms with E-state index in [0.717, 1.165) is 19.0 Å². The van der Waals surface area contributed by atoms with Crippen molar-refractivity contribution in [3.8, 4) is 0 Å². The van der Waals surface area contributed by atoms with Crippen LogP contribution in [0.1, 0.15) is 44.9 Å². The number of hydrogen-bond acceptors (Lipinski definition) is 2. The van der Waals surface area contributed by atoms with Crippen molar-refractivity contribution >= 4 is 5.91 Å². The second-order valence-corrected chi connectivity index (χ2v) is 5.10. The lowest BCUT2D eigenvalue weighted by Crippen LogP contribution is -2.29. The van der Waals surface area contributed by atoms with Gasteiger partial charge in [0, 0.05) is 25.6 Å². The van der Waals surface area contributed by atoms with E-state index in [4.69, 9.17) is 5.73 Å². The molecule has 1 saturated carbocycles. The average molecular weight is 210 g/mol. The minimum Gasteiger partial charge on any atom is -0.341 e. The van der Waals surface area contributed by atoms with Gasteiger partial charge in [0.15, 0.2) is 0 Å². The van der Waals surface area contributed by atoms with Gasteiger partial charge in [0.05, 0.1) is 0 Å². The number of nitrogens with two attached hydrogens (primary N) is 1. The molecule has 0 aromatic heterocycles. The van der Waals surface area contributed by atoms with Gasteiger partial charge in [-0.25, -0.2) is 0 Å². The highest BCUT2D eigenvalue weighted by molar-refractivity contribution is 5.79. The van der Waals surface area contributed by atoms with Gasteiger partial charge in [-0.1, -0.05) is 25.7 Å². The van der Waals surface area contributed by atoms with Crippen LogP contribution >= 0.6 is 0 Å². The molecule has 0 aromatic rings. The molecular weight excluding hydrogens is 188 g/mol. The summed E-state index contributed by atoms with van der Waals surface area (Å²) in [5.41, 5.74) is 5.75. The van der Waals surface area contributed by atoms with Crippen molar-refractivity contribution in [2.75, 3.05) is 13.1 Å². The SMILES string of the molecule is NC1CC(=O)N(CCCC2CCCC2)C1. The number of carbonyl (C=O) groups is 1. The second-order valence-electron chi connectivity index (χ2n) is 5.10. The molecule has 1 atom stereocenters. The molecule has 2 rings (SSSR count). The fourth-order valence-corrected chi connectivity index (χ4v) is 2.89. The molecule has 3 nitrogen and oxygen atoms in total. The molecule has 0 aromatic carbocycles. The van der Waals surface area contributed by atoms with Crippen LogP contribution < -0.4 is 5.73 Å². The van der Waals surface area contributed by atoms with Crippen molar-refractivity contribution in [1.82, 2.24) is 4.90 Å². The molecule has 1 unspecified atom stereocenters. The maximum atomic E-state index is 11.5. The molecule has 1 amide bonds. The smallest absolute Gasteiger partial charge is 0.224 e. The molecule has 0 radical (unpaired) electrons. The van der Waals surface area contributed by atoms with Gasteiger partial charge in [0.25, 0.3) is 0 Å². The predicted octanol–water partition coefficient (Wildman–Crippen LogP) is 1.52. The molecule has 1 heterocycles. The Hall–Kier alpha value is -0.570. The van der Waals surface area contributed by atoms with E-state index in [0.29, 0.717) is 6.42 Å². The third-order valence-corrected chi connectivity index (χ3v) is 3.76. The number of likely N-dealkylation sites (tertiary alicyclic amines) is 1. The summed E-state index contributed by atoms with van der Waals surface area (Å²) in [5.74, 6) is 1.20. The van der Waals surface area contributed by atoms with Gasteiger partial charge in [-0.15, -0.1) is 0 Å². The summed E-state index contributed by atoms with van der Waals surface area (Å²) >= 11 is 0. The molecule has 15 heavy (non-hydrogen) atoms. The van der Waals surface area contributed by atoms with Crippen LogP contribution in [0.5, 0.6) is 0 Å². The molecule has 2 N–H and O–H groups in total. The van der Waals surface area contributed by atoms with Crippen LogP contribution in [0, 0.1) is 5.92 Å². The maximum absolute atomic E-state index is 11.5. The highest BCUT2D eigenvalue weighted by Crippen LogP contribution is 2.28. The van der Waals surface area contributed by atoms with Crippen LogP contribution in [0.25, 0.3) is 0 Å². The van der Waals surface area contributed by atoms with Gasteiger partial charge < -0.3 is 10.6 Å². The van der Waals surface area contributed by atoms with E-state index in [2.05, 4.69) is 0 Å². The number of rotatable bonds is 4. The van der Waals surface area contributed by atoms with Crippen LogP contribution in [0.4, 0.5) is 0 Å². The van der Waals surface area contributed by atoms with Crippen LogP contribution in [-0.4, -0.2) is 29.9 Å². The topological polar surface area (TPSA) is 46.3 Å². The molecule has 86 valence electrons. The standard InChI is InChI=1S/C12H22N2O/c13-11-8-12(15)14(9-11)7-3-6-10-4-1-2-5-10/h10-11H,1-9,13H2. The third kappa shape index (κ3) is 2.94. The van der Waals surface area contributed by atoms with Crippen molar-refractivity contribution in [3.05, 3.63) is 0 Å². The second kappa shape index (κ2) is 4.97. The fraction of sp³-hybridized carbons (Fsp3) is 0.917. The summed E-state index contributed by atoms with van der Waals surface area (Å²) in [5, 5.41) is 0. The van der Waals surface area contributed by atoms with Gasteiger partial charge in [-0.3, -0.25) is 4.79 Å². The lowest BCUT2D eigenvalue weighted by atomic mass is 10.0. The minimum absolute atomic E-state index is 0.0870. The zero-order valence-corrected chi connectivity index (χ0v) is 9.45. The molecule has 1 aliphatic carbocycles. The van der Waals surface area contributed by atoms with Gasteiger partial charge >= 0.3 is 0 Å². The summed E-state index contributed by atoms with van der Waals surface area (Å²) in [6.45, 7) is 1.71. The van der Waals surface area contributed by atoms with E-state index in [9.17, 15) is 4.79 Å². The largest absolute Gasteiger partial charge is 0.341 e. The maximum Gasteiger partial charge on any atom is 0.224 e. The zero-order chi connectivity index (χ0) is 10.7. The average Bonchev–Trinajstić information content (AvgIpc) is 2.77. The summed E-state index contributed by atoms with van der Waals surface area (Å²) in [6.07, 6.45) is 8.68. The monoisotopic (exact) mass is 210 g/mol. The predicted molar refractivity (Wildman–Crippen MR) is 60.4 cm³/mol. The molecule has 1 aliphatic heterocycles. The molecule has 2 aliphatic rings. The van der Waals surface area contributed by atoms with Crippen LogP contribution in [-0.2, 0) is 4.79 Å². The number of nitrogens with zero attached hydrogens (tertiary/aromatic N) is 1. The lowest BCUT2D eigenvalue weighted by molar-refractivity contribution is -0.127. The number of amides is 1. The van der Waals surface area contributed by atoms with Gasteiger partial charge in [0.1, 0.15) is 0 Å². The van der Waals surface area contributed by atoms with E-state index < -0.39 is 0 Å². The van der Waals surface area contributed by atoms with Crippen molar-refractivity contribution < 1.29 is 4.79 Å². The van der Waals surface area contributed by atoms with E-state index in [1.165, 1.54) is 38.5 Å². The van der Waals surface area contributed by atoms with E-state index in [1.54, 1.807) is 0 Å². The summed E-state index contributed by atoms with van der Waals surface area (Å²) in [4.78, 5) is 13.4. The number of carbonyl (C=O) groups excluding carboxylic acids is 1. The molecule has 0 bridgehead atoms. The van der Waals surface area contributed by atoms with E-state index in [-0.39, 0.29) is 11.9 Å². The molecular formula is C12H22N2O. The first-order valence-corrected chi connectivity index (χ1v) is 6.29. The Morgan fingerprint density at radius 3 is 2.67 bits per heavy atom. The third-order valence-electron chi connectivity index (χ3n) is 3.76. The lowest BCUT2D eigenvalue weighted by Gasteiger charge is -2.17. The first-order valence-electron chi connectivity index (χ1n) is 6.29. The Labute approximate surface area is 92.0 Å². The Morgan fingerprint density at radius 1 is 1.33 bits per heavy atom. The Balaban J connectivity index is 1.63. The highest BCUT2D eigenvalue weighted by Gasteiger charge is 2.26. The normalized spacial score (nSPS) is 27.9. The zero-order valence-electron chi connectivity index (χ0n) is 9.45. The molecule has 2 fully saturated rings. The summed E-state index contributed by atoms with van der Waals surface area (Å²) in [7, 11) is 0. The van der Waals surface area contributed by atoms with Crippen LogP contribution in [0.2, 0.25) is 0 Å². The van der Waals surface area contributed by atoms with E-state index in [1.807, 2.05) is 4.90 Å². The summed E-state index contributed by atoms with van der Waals surface area (Å²) < 4.78 is 0. The summed E-state index contributed by atoms with van der Waals surface area (Å²) in [6, 6.07) is 0.0870. The van der Waals surface area contributed by atoms with Crippen molar-refractivity contribution in [1.29, 1.82) is 0 Å². The van der Waals surface area contributed by atoms with Crippen molar-refractivity contribution in [2.24, 2.45) is 11.7 Å². The molecule has 1 saturated heterocycles. The van der Waals surface area contributed by atoms with Gasteiger partial charge in [-0.05, 0) is 18.8 Å². The van der Waals surface area contributed by atoms with E-state index >= 15 is 0 Å². The minimum atomic E-state index is 0.0870. The van der Waals surface area contributed by atoms with Crippen molar-refractivity contribution in [3.63, 3.8) is 0 Å². The fourth-order valence-electron chi connectivity index (χ4n) is 2.89. The molecule has 0 spiro atoms. The molecule has 3 heteroatoms. The quantitative estimate of drug-likeness (QED) is 0.764. The Morgan fingerprint density at radius 2 is 2.07 bits per heavy atom. The first-order chi connectivity index (χ1) is 7.25. The van der Waals surface area contributed by atoms with Crippen molar-refractivity contribution in [2.45, 2.75) is 51.0 Å². The Bertz CT molecular complexity index is 224. The van der Waals surface area contributed by atoms with Crippen LogP contribution in [0.3, 0.4) is 0 Å². The number of hydrogen-bond donors (Lipinski definition) is 1. The Kier molecular flexibility index (Phi) is 3.62. The van der Waals surface area contributed by atoms with Gasteiger partial charge in [-0.2, -0.15) is 0 Å². The highest BCUT2D eigenvalue weighted by atomic mass is 16.2.